The van der Waals surface area contributed by atoms with Crippen LogP contribution in [-0.4, -0.2) is 23.4 Å². The number of pyridine rings is 1. The Bertz CT molecular complexity index is 318. The van der Waals surface area contributed by atoms with Crippen LogP contribution >= 0.6 is 0 Å². The third-order valence-corrected chi connectivity index (χ3v) is 2.79. The van der Waals surface area contributed by atoms with Gasteiger partial charge in [0.15, 0.2) is 5.78 Å². The Morgan fingerprint density at radius 3 is 3.07 bits per heavy atom. The molecule has 1 atom stereocenters. The molecule has 80 valence electrons. The van der Waals surface area contributed by atoms with E-state index in [9.17, 15) is 4.79 Å². The van der Waals surface area contributed by atoms with Gasteiger partial charge >= 0.3 is 0 Å². The number of hydrogen-bond donors (Lipinski definition) is 1. The Balaban J connectivity index is 1.91. The zero-order chi connectivity index (χ0) is 10.5. The van der Waals surface area contributed by atoms with Crippen molar-refractivity contribution in [2.75, 3.05) is 6.54 Å². The van der Waals surface area contributed by atoms with Crippen molar-refractivity contribution in [3.63, 3.8) is 0 Å². The molecule has 1 unspecified atom stereocenters. The number of rotatable bonds is 3. The number of ketones is 1. The van der Waals surface area contributed by atoms with Crippen LogP contribution < -0.4 is 5.32 Å². The highest BCUT2D eigenvalue weighted by Gasteiger charge is 2.17. The normalized spacial score (nSPS) is 21.2. The van der Waals surface area contributed by atoms with E-state index in [4.69, 9.17) is 0 Å². The van der Waals surface area contributed by atoms with Crippen molar-refractivity contribution in [1.29, 1.82) is 0 Å². The maximum Gasteiger partial charge on any atom is 0.182 e. The summed E-state index contributed by atoms with van der Waals surface area (Å²) >= 11 is 0. The summed E-state index contributed by atoms with van der Waals surface area (Å²) < 4.78 is 0. The number of carbonyl (C=O) groups is 1. The molecule has 0 saturated carbocycles. The van der Waals surface area contributed by atoms with Crippen molar-refractivity contribution in [3.8, 4) is 0 Å². The zero-order valence-electron chi connectivity index (χ0n) is 8.78. The lowest BCUT2D eigenvalue weighted by Crippen LogP contribution is -2.35. The van der Waals surface area contributed by atoms with E-state index in [2.05, 4.69) is 10.3 Å². The van der Waals surface area contributed by atoms with Gasteiger partial charge in [-0.05, 0) is 31.5 Å². The number of nitrogens with one attached hydrogen (secondary N) is 1. The molecule has 1 saturated heterocycles. The highest BCUT2D eigenvalue weighted by Crippen LogP contribution is 2.12. The molecular formula is C12H16N2O. The van der Waals surface area contributed by atoms with Gasteiger partial charge in [-0.15, -0.1) is 0 Å². The average Bonchev–Trinajstić information content (AvgIpc) is 2.31. The highest BCUT2D eigenvalue weighted by atomic mass is 16.1. The van der Waals surface area contributed by atoms with Crippen LogP contribution in [0.5, 0.6) is 0 Å². The predicted octanol–water partition coefficient (Wildman–Crippen LogP) is 1.80. The van der Waals surface area contributed by atoms with E-state index in [1.165, 1.54) is 12.8 Å². The fourth-order valence-electron chi connectivity index (χ4n) is 1.95. The largest absolute Gasteiger partial charge is 0.314 e. The number of Topliss-reactive ketones (excluding diaryl/α,β-unsaturated/α-hetero) is 1. The van der Waals surface area contributed by atoms with Gasteiger partial charge in [0.1, 0.15) is 5.69 Å². The maximum absolute atomic E-state index is 11.8. The summed E-state index contributed by atoms with van der Waals surface area (Å²) in [5.41, 5.74) is 0.588. The summed E-state index contributed by atoms with van der Waals surface area (Å²) in [6.07, 6.45) is 5.82. The molecule has 1 fully saturated rings. The molecule has 0 radical (unpaired) electrons. The van der Waals surface area contributed by atoms with Gasteiger partial charge in [0, 0.05) is 18.7 Å². The first-order valence-electron chi connectivity index (χ1n) is 5.54. The summed E-state index contributed by atoms with van der Waals surface area (Å²) in [6.45, 7) is 1.04. The minimum atomic E-state index is 0.148. The van der Waals surface area contributed by atoms with Gasteiger partial charge in [0.05, 0.1) is 0 Å². The van der Waals surface area contributed by atoms with Crippen molar-refractivity contribution in [1.82, 2.24) is 10.3 Å². The van der Waals surface area contributed by atoms with Crippen molar-refractivity contribution >= 4 is 5.78 Å². The monoisotopic (exact) mass is 204 g/mol. The first-order chi connectivity index (χ1) is 7.36. The maximum atomic E-state index is 11.8. The Morgan fingerprint density at radius 2 is 2.40 bits per heavy atom. The van der Waals surface area contributed by atoms with Gasteiger partial charge in [0.25, 0.3) is 0 Å². The van der Waals surface area contributed by atoms with E-state index in [1.807, 2.05) is 12.1 Å². The Labute approximate surface area is 89.9 Å². The summed E-state index contributed by atoms with van der Waals surface area (Å²) in [5, 5.41) is 3.37. The van der Waals surface area contributed by atoms with Gasteiger partial charge < -0.3 is 5.32 Å². The second-order valence-electron chi connectivity index (χ2n) is 3.99. The van der Waals surface area contributed by atoms with Crippen LogP contribution in [0, 0.1) is 0 Å². The Kier molecular flexibility index (Phi) is 3.45. The molecule has 0 bridgehead atoms. The molecular weight excluding hydrogens is 188 g/mol. The molecule has 0 aromatic carbocycles. The number of carbonyl (C=O) groups excluding carboxylic acids is 1. The number of aromatic nitrogens is 1. The van der Waals surface area contributed by atoms with Crippen LogP contribution in [0.15, 0.2) is 24.4 Å². The van der Waals surface area contributed by atoms with Crippen molar-refractivity contribution in [3.05, 3.63) is 30.1 Å². The lowest BCUT2D eigenvalue weighted by molar-refractivity contribution is 0.0959. The fraction of sp³-hybridized carbons (Fsp3) is 0.500. The number of hydrogen-bond acceptors (Lipinski definition) is 3. The molecule has 1 aliphatic heterocycles. The predicted molar refractivity (Wildman–Crippen MR) is 58.8 cm³/mol. The minimum Gasteiger partial charge on any atom is -0.314 e. The fourth-order valence-corrected chi connectivity index (χ4v) is 1.95. The van der Waals surface area contributed by atoms with E-state index in [0.29, 0.717) is 18.2 Å². The Hall–Kier alpha value is -1.22. The van der Waals surface area contributed by atoms with E-state index in [-0.39, 0.29) is 5.78 Å². The second-order valence-corrected chi connectivity index (χ2v) is 3.99. The first kappa shape index (κ1) is 10.3. The van der Waals surface area contributed by atoms with Gasteiger partial charge in [-0.2, -0.15) is 0 Å². The topological polar surface area (TPSA) is 42.0 Å². The molecule has 0 amide bonds. The number of nitrogens with zero attached hydrogens (tertiary/aromatic N) is 1. The third kappa shape index (κ3) is 2.86. The lowest BCUT2D eigenvalue weighted by atomic mass is 9.99. The van der Waals surface area contributed by atoms with Crippen LogP contribution in [0.3, 0.4) is 0 Å². The van der Waals surface area contributed by atoms with Crippen LogP contribution in [0.4, 0.5) is 0 Å². The standard InChI is InChI=1S/C12H16N2O/c15-12(11-6-2-4-8-14-11)9-10-5-1-3-7-13-10/h2,4,6,8,10,13H,1,3,5,7,9H2. The zero-order valence-corrected chi connectivity index (χ0v) is 8.78. The van der Waals surface area contributed by atoms with Crippen LogP contribution in [-0.2, 0) is 0 Å². The molecule has 1 aromatic heterocycles. The quantitative estimate of drug-likeness (QED) is 0.763. The molecule has 2 rings (SSSR count). The smallest absolute Gasteiger partial charge is 0.182 e. The van der Waals surface area contributed by atoms with Crippen LogP contribution in [0.1, 0.15) is 36.2 Å². The van der Waals surface area contributed by atoms with Gasteiger partial charge in [0.2, 0.25) is 0 Å². The van der Waals surface area contributed by atoms with Crippen LogP contribution in [0.2, 0.25) is 0 Å². The molecule has 1 aromatic rings. The van der Waals surface area contributed by atoms with Gasteiger partial charge in [-0.25, -0.2) is 0 Å². The molecule has 3 nitrogen and oxygen atoms in total. The molecule has 1 aliphatic rings. The first-order valence-corrected chi connectivity index (χ1v) is 5.54. The summed E-state index contributed by atoms with van der Waals surface area (Å²) in [5.74, 6) is 0.148. The minimum absolute atomic E-state index is 0.148. The molecule has 15 heavy (non-hydrogen) atoms. The van der Waals surface area contributed by atoms with E-state index < -0.39 is 0 Å². The van der Waals surface area contributed by atoms with Crippen LogP contribution in [0.25, 0.3) is 0 Å². The molecule has 3 heteroatoms. The van der Waals surface area contributed by atoms with E-state index >= 15 is 0 Å². The van der Waals surface area contributed by atoms with Gasteiger partial charge in [-0.3, -0.25) is 9.78 Å². The average molecular weight is 204 g/mol. The number of piperidine rings is 1. The molecule has 0 spiro atoms. The van der Waals surface area contributed by atoms with Gasteiger partial charge in [-0.1, -0.05) is 12.5 Å². The second kappa shape index (κ2) is 5.03. The summed E-state index contributed by atoms with van der Waals surface area (Å²) in [4.78, 5) is 15.9. The molecule has 1 N–H and O–H groups in total. The highest BCUT2D eigenvalue weighted by molar-refractivity contribution is 5.94. The van der Waals surface area contributed by atoms with E-state index in [0.717, 1.165) is 13.0 Å². The van der Waals surface area contributed by atoms with E-state index in [1.54, 1.807) is 12.3 Å². The molecule has 2 heterocycles. The van der Waals surface area contributed by atoms with Crippen molar-refractivity contribution in [2.45, 2.75) is 31.7 Å². The molecule has 0 aliphatic carbocycles. The van der Waals surface area contributed by atoms with Crippen molar-refractivity contribution in [2.24, 2.45) is 0 Å². The lowest BCUT2D eigenvalue weighted by Gasteiger charge is -2.22. The SMILES string of the molecule is O=C(CC1CCCCN1)c1ccccn1. The Morgan fingerprint density at radius 1 is 1.47 bits per heavy atom. The van der Waals surface area contributed by atoms with Crippen molar-refractivity contribution < 1.29 is 4.79 Å². The summed E-state index contributed by atoms with van der Waals surface area (Å²) in [6, 6.07) is 5.82. The third-order valence-electron chi connectivity index (χ3n) is 2.79. The summed E-state index contributed by atoms with van der Waals surface area (Å²) in [7, 11) is 0.